The van der Waals surface area contributed by atoms with E-state index in [-0.39, 0.29) is 12.5 Å². The van der Waals surface area contributed by atoms with Crippen LogP contribution >= 0.6 is 0 Å². The molecule has 0 aliphatic carbocycles. The van der Waals surface area contributed by atoms with Gasteiger partial charge in [-0.1, -0.05) is 48.9 Å². The van der Waals surface area contributed by atoms with Crippen LogP contribution < -0.4 is 10.1 Å². The van der Waals surface area contributed by atoms with Gasteiger partial charge < -0.3 is 10.1 Å². The standard InChI is InChI=1S/C26H28N4O2/c1-5-20-10-12-22(13-11-20)30-26-25(19(4)29-30)18(3)14-24(28-26)32-16-23(31)27-15-21-8-6-17(2)7-9-21/h6-14H,5,15-16H2,1-4H3,(H,27,31). The lowest BCUT2D eigenvalue weighted by Crippen LogP contribution is -2.28. The van der Waals surface area contributed by atoms with Gasteiger partial charge in [0.25, 0.3) is 5.91 Å². The predicted octanol–water partition coefficient (Wildman–Crippen LogP) is 4.60. The number of fused-ring (bicyclic) bond motifs is 1. The molecule has 4 aromatic rings. The van der Waals surface area contributed by atoms with Crippen LogP contribution in [0.5, 0.6) is 5.88 Å². The van der Waals surface area contributed by atoms with E-state index in [9.17, 15) is 4.79 Å². The van der Waals surface area contributed by atoms with E-state index < -0.39 is 0 Å². The van der Waals surface area contributed by atoms with Crippen molar-refractivity contribution in [2.75, 3.05) is 6.61 Å². The van der Waals surface area contributed by atoms with Gasteiger partial charge in [0.15, 0.2) is 12.3 Å². The van der Waals surface area contributed by atoms with Crippen molar-refractivity contribution < 1.29 is 9.53 Å². The number of aromatic nitrogens is 3. The number of pyridine rings is 1. The maximum atomic E-state index is 12.3. The maximum absolute atomic E-state index is 12.3. The van der Waals surface area contributed by atoms with Gasteiger partial charge >= 0.3 is 0 Å². The molecule has 4 rings (SSSR count). The van der Waals surface area contributed by atoms with Crippen molar-refractivity contribution in [1.82, 2.24) is 20.1 Å². The Morgan fingerprint density at radius 2 is 1.69 bits per heavy atom. The van der Waals surface area contributed by atoms with Crippen molar-refractivity contribution in [3.63, 3.8) is 0 Å². The predicted molar refractivity (Wildman–Crippen MR) is 126 cm³/mol. The Balaban J connectivity index is 1.50. The Morgan fingerprint density at radius 3 is 2.38 bits per heavy atom. The van der Waals surface area contributed by atoms with Crippen LogP contribution in [0.3, 0.4) is 0 Å². The molecule has 0 saturated carbocycles. The van der Waals surface area contributed by atoms with E-state index in [1.165, 1.54) is 11.1 Å². The summed E-state index contributed by atoms with van der Waals surface area (Å²) in [6, 6.07) is 18.2. The number of amides is 1. The minimum atomic E-state index is -0.190. The average Bonchev–Trinajstić information content (AvgIpc) is 3.14. The zero-order valence-corrected chi connectivity index (χ0v) is 19.0. The van der Waals surface area contributed by atoms with Crippen molar-refractivity contribution in [1.29, 1.82) is 0 Å². The van der Waals surface area contributed by atoms with Crippen LogP contribution in [0.25, 0.3) is 16.7 Å². The second-order valence-electron chi connectivity index (χ2n) is 8.04. The zero-order chi connectivity index (χ0) is 22.7. The van der Waals surface area contributed by atoms with Gasteiger partial charge in [0.05, 0.1) is 11.4 Å². The van der Waals surface area contributed by atoms with E-state index in [4.69, 9.17) is 9.84 Å². The molecule has 0 aliphatic heterocycles. The molecule has 2 heterocycles. The Morgan fingerprint density at radius 1 is 1.00 bits per heavy atom. The Labute approximate surface area is 188 Å². The highest BCUT2D eigenvalue weighted by Gasteiger charge is 2.15. The summed E-state index contributed by atoms with van der Waals surface area (Å²) in [7, 11) is 0. The van der Waals surface area contributed by atoms with Gasteiger partial charge in [-0.3, -0.25) is 4.79 Å². The van der Waals surface area contributed by atoms with Crippen LogP contribution in [0, 0.1) is 20.8 Å². The molecule has 6 heteroatoms. The van der Waals surface area contributed by atoms with Crippen molar-refractivity contribution in [3.8, 4) is 11.6 Å². The molecule has 2 aromatic heterocycles. The molecular formula is C26H28N4O2. The molecule has 0 atom stereocenters. The fourth-order valence-corrected chi connectivity index (χ4v) is 3.70. The zero-order valence-electron chi connectivity index (χ0n) is 19.0. The fourth-order valence-electron chi connectivity index (χ4n) is 3.70. The third kappa shape index (κ3) is 4.64. The van der Waals surface area contributed by atoms with Crippen molar-refractivity contribution in [2.45, 2.75) is 40.7 Å². The molecule has 2 aromatic carbocycles. The summed E-state index contributed by atoms with van der Waals surface area (Å²) < 4.78 is 7.57. The summed E-state index contributed by atoms with van der Waals surface area (Å²) >= 11 is 0. The van der Waals surface area contributed by atoms with Crippen LogP contribution in [0.2, 0.25) is 0 Å². The first-order valence-corrected chi connectivity index (χ1v) is 10.9. The van der Waals surface area contributed by atoms with Gasteiger partial charge in [-0.25, -0.2) is 4.68 Å². The summed E-state index contributed by atoms with van der Waals surface area (Å²) in [4.78, 5) is 17.0. The van der Waals surface area contributed by atoms with Gasteiger partial charge in [0.1, 0.15) is 0 Å². The van der Waals surface area contributed by atoms with E-state index >= 15 is 0 Å². The topological polar surface area (TPSA) is 69.0 Å². The van der Waals surface area contributed by atoms with Gasteiger partial charge in [-0.15, -0.1) is 0 Å². The molecule has 1 N–H and O–H groups in total. The highest BCUT2D eigenvalue weighted by atomic mass is 16.5. The first kappa shape index (κ1) is 21.6. The lowest BCUT2D eigenvalue weighted by molar-refractivity contribution is -0.123. The maximum Gasteiger partial charge on any atom is 0.258 e. The minimum absolute atomic E-state index is 0.0951. The van der Waals surface area contributed by atoms with Crippen LogP contribution in [-0.4, -0.2) is 27.3 Å². The lowest BCUT2D eigenvalue weighted by atomic mass is 10.1. The third-order valence-electron chi connectivity index (χ3n) is 5.54. The van der Waals surface area contributed by atoms with E-state index in [0.717, 1.165) is 40.0 Å². The van der Waals surface area contributed by atoms with Gasteiger partial charge in [-0.2, -0.15) is 10.1 Å². The van der Waals surface area contributed by atoms with E-state index in [0.29, 0.717) is 12.4 Å². The number of aryl methyl sites for hydroxylation is 4. The largest absolute Gasteiger partial charge is 0.468 e. The molecule has 0 spiro atoms. The summed E-state index contributed by atoms with van der Waals surface area (Å²) in [5, 5.41) is 8.59. The molecule has 0 fully saturated rings. The van der Waals surface area contributed by atoms with E-state index in [1.807, 2.05) is 67.9 Å². The van der Waals surface area contributed by atoms with E-state index in [2.05, 4.69) is 29.4 Å². The summed E-state index contributed by atoms with van der Waals surface area (Å²) in [6.07, 6.45) is 0.987. The van der Waals surface area contributed by atoms with Gasteiger partial charge in [0.2, 0.25) is 5.88 Å². The number of hydrogen-bond donors (Lipinski definition) is 1. The quantitative estimate of drug-likeness (QED) is 0.467. The number of nitrogens with zero attached hydrogens (tertiary/aromatic N) is 3. The highest BCUT2D eigenvalue weighted by molar-refractivity contribution is 5.84. The Hall–Kier alpha value is -3.67. The number of carbonyl (C=O) groups is 1. The number of nitrogens with one attached hydrogen (secondary N) is 1. The SMILES string of the molecule is CCc1ccc(-n2nc(C)c3c(C)cc(OCC(=O)NCc4ccc(C)cc4)nc32)cc1. The molecule has 0 unspecified atom stereocenters. The summed E-state index contributed by atoms with van der Waals surface area (Å²) in [5.74, 6) is 0.219. The highest BCUT2D eigenvalue weighted by Crippen LogP contribution is 2.26. The smallest absolute Gasteiger partial charge is 0.258 e. The number of rotatable bonds is 7. The molecule has 6 nitrogen and oxygen atoms in total. The van der Waals surface area contributed by atoms with Crippen molar-refractivity contribution in [3.05, 3.63) is 82.5 Å². The van der Waals surface area contributed by atoms with E-state index in [1.54, 1.807) is 0 Å². The number of hydrogen-bond acceptors (Lipinski definition) is 4. The monoisotopic (exact) mass is 428 g/mol. The van der Waals surface area contributed by atoms with Crippen LogP contribution in [0.4, 0.5) is 0 Å². The molecule has 32 heavy (non-hydrogen) atoms. The molecule has 0 bridgehead atoms. The van der Waals surface area contributed by atoms with Crippen molar-refractivity contribution in [2.24, 2.45) is 0 Å². The molecule has 0 radical (unpaired) electrons. The molecular weight excluding hydrogens is 400 g/mol. The fraction of sp³-hybridized carbons (Fsp3) is 0.269. The van der Waals surface area contributed by atoms with Gasteiger partial charge in [0, 0.05) is 18.0 Å². The van der Waals surface area contributed by atoms with Gasteiger partial charge in [-0.05, 0) is 56.0 Å². The Kier molecular flexibility index (Phi) is 6.21. The van der Waals surface area contributed by atoms with Crippen LogP contribution in [0.15, 0.2) is 54.6 Å². The molecule has 0 saturated heterocycles. The first-order valence-electron chi connectivity index (χ1n) is 10.9. The lowest BCUT2D eigenvalue weighted by Gasteiger charge is -2.09. The van der Waals surface area contributed by atoms with Crippen LogP contribution in [-0.2, 0) is 17.8 Å². The summed E-state index contributed by atoms with van der Waals surface area (Å²) in [5.41, 5.74) is 7.10. The molecule has 164 valence electrons. The number of benzene rings is 2. The Bertz CT molecular complexity index is 1240. The summed E-state index contributed by atoms with van der Waals surface area (Å²) in [6.45, 7) is 8.53. The average molecular weight is 429 g/mol. The normalized spacial score (nSPS) is 11.0. The van der Waals surface area contributed by atoms with Crippen molar-refractivity contribution >= 4 is 16.9 Å². The minimum Gasteiger partial charge on any atom is -0.468 e. The third-order valence-corrected chi connectivity index (χ3v) is 5.54. The second kappa shape index (κ2) is 9.22. The first-order chi connectivity index (χ1) is 15.4. The number of ether oxygens (including phenoxy) is 1. The molecule has 0 aliphatic rings. The second-order valence-corrected chi connectivity index (χ2v) is 8.04. The number of carbonyl (C=O) groups excluding carboxylic acids is 1. The molecule has 1 amide bonds. The van der Waals surface area contributed by atoms with Crippen LogP contribution in [0.1, 0.15) is 34.9 Å².